The van der Waals surface area contributed by atoms with E-state index in [0.717, 1.165) is 15.9 Å². The summed E-state index contributed by atoms with van der Waals surface area (Å²) < 4.78 is 8.39. The van der Waals surface area contributed by atoms with Gasteiger partial charge in [-0.25, -0.2) is 9.59 Å². The number of carbonyl (C=O) groups excluding carboxylic acids is 1. The van der Waals surface area contributed by atoms with Crippen LogP contribution in [0.25, 0.3) is 10.2 Å². The predicted molar refractivity (Wildman–Crippen MR) is 118 cm³/mol. The van der Waals surface area contributed by atoms with Crippen LogP contribution in [0.15, 0.2) is 25.5 Å². The predicted octanol–water partition coefficient (Wildman–Crippen LogP) is 3.50. The van der Waals surface area contributed by atoms with E-state index >= 15 is 0 Å². The number of ether oxygens (including phenoxy) is 1. The van der Waals surface area contributed by atoms with Gasteiger partial charge in [-0.3, -0.25) is 13.9 Å². The monoisotopic (exact) mass is 500 g/mol. The van der Waals surface area contributed by atoms with Crippen molar-refractivity contribution >= 4 is 54.8 Å². The Balaban J connectivity index is 2.42. The lowest BCUT2D eigenvalue weighted by Gasteiger charge is -2.11. The molecule has 0 aliphatic carbocycles. The van der Waals surface area contributed by atoms with Gasteiger partial charge < -0.3 is 9.84 Å². The highest BCUT2D eigenvalue weighted by Crippen LogP contribution is 2.40. The molecule has 3 aromatic heterocycles. The minimum absolute atomic E-state index is 0.0257. The lowest BCUT2D eigenvalue weighted by atomic mass is 10.1. The van der Waals surface area contributed by atoms with Crippen LogP contribution < -0.4 is 11.2 Å². The van der Waals surface area contributed by atoms with Crippen molar-refractivity contribution in [1.29, 1.82) is 0 Å². The highest BCUT2D eigenvalue weighted by molar-refractivity contribution is 9.10. The summed E-state index contributed by atoms with van der Waals surface area (Å²) >= 11 is 5.81. The van der Waals surface area contributed by atoms with E-state index in [2.05, 4.69) is 15.9 Å². The van der Waals surface area contributed by atoms with Crippen LogP contribution in [0.2, 0.25) is 0 Å². The number of aliphatic hydroxyl groups excluding tert-OH is 1. The van der Waals surface area contributed by atoms with Crippen LogP contribution in [-0.2, 0) is 18.3 Å². The summed E-state index contributed by atoms with van der Waals surface area (Å²) in [7, 11) is 1.39. The smallest absolute Gasteiger partial charge is 0.340 e. The molecule has 0 amide bonds. The lowest BCUT2D eigenvalue weighted by Crippen LogP contribution is -2.38. The number of nitrogens with zero attached hydrogens (tertiary/aromatic N) is 2. The zero-order chi connectivity index (χ0) is 21.5. The molecule has 1 atom stereocenters. The van der Waals surface area contributed by atoms with Gasteiger partial charge in [0, 0.05) is 18.1 Å². The van der Waals surface area contributed by atoms with Crippen molar-refractivity contribution in [3.63, 3.8) is 0 Å². The SMILES string of the molecule is CCOC(=O)c1c(C(O)c2sccc2Br)sc2c1c(=O)n(C)c(=O)n2CC(C)C. The van der Waals surface area contributed by atoms with E-state index in [-0.39, 0.29) is 23.5 Å². The van der Waals surface area contributed by atoms with E-state index < -0.39 is 23.3 Å². The third-order valence-electron chi connectivity index (χ3n) is 4.37. The molecular weight excluding hydrogens is 480 g/mol. The normalized spacial score (nSPS) is 12.7. The Morgan fingerprint density at radius 1 is 1.31 bits per heavy atom. The highest BCUT2D eigenvalue weighted by Gasteiger charge is 2.31. The van der Waals surface area contributed by atoms with Gasteiger partial charge in [0.1, 0.15) is 10.9 Å². The van der Waals surface area contributed by atoms with Crippen molar-refractivity contribution in [2.45, 2.75) is 33.4 Å². The fraction of sp³-hybridized carbons (Fsp3) is 0.421. The Hall–Kier alpha value is -1.75. The van der Waals surface area contributed by atoms with Crippen LogP contribution in [0.3, 0.4) is 0 Å². The molecule has 156 valence electrons. The molecule has 3 heterocycles. The van der Waals surface area contributed by atoms with E-state index in [4.69, 9.17) is 4.74 Å². The summed E-state index contributed by atoms with van der Waals surface area (Å²) in [5.41, 5.74) is -1.00. The van der Waals surface area contributed by atoms with Crippen molar-refractivity contribution in [3.8, 4) is 0 Å². The third-order valence-corrected chi connectivity index (χ3v) is 7.56. The van der Waals surface area contributed by atoms with Crippen LogP contribution in [0.5, 0.6) is 0 Å². The number of thiophene rings is 2. The van der Waals surface area contributed by atoms with Crippen LogP contribution in [-0.4, -0.2) is 26.8 Å². The minimum Gasteiger partial charge on any atom is -0.462 e. The number of hydrogen-bond acceptors (Lipinski definition) is 7. The molecule has 10 heteroatoms. The van der Waals surface area contributed by atoms with Gasteiger partial charge in [0.25, 0.3) is 5.56 Å². The molecule has 3 aromatic rings. The van der Waals surface area contributed by atoms with Crippen LogP contribution in [0.4, 0.5) is 0 Å². The molecule has 7 nitrogen and oxygen atoms in total. The molecule has 0 fully saturated rings. The first-order valence-corrected chi connectivity index (χ1v) is 11.5. The second kappa shape index (κ2) is 8.55. The molecule has 0 aromatic carbocycles. The molecule has 1 N–H and O–H groups in total. The molecule has 0 saturated heterocycles. The van der Waals surface area contributed by atoms with E-state index in [1.807, 2.05) is 19.2 Å². The van der Waals surface area contributed by atoms with E-state index in [1.54, 1.807) is 13.0 Å². The largest absolute Gasteiger partial charge is 0.462 e. The number of fused-ring (bicyclic) bond motifs is 1. The number of aliphatic hydroxyl groups is 1. The van der Waals surface area contributed by atoms with Crippen molar-refractivity contribution in [2.24, 2.45) is 13.0 Å². The molecule has 0 spiro atoms. The third kappa shape index (κ3) is 3.86. The number of esters is 1. The zero-order valence-electron chi connectivity index (χ0n) is 16.4. The van der Waals surface area contributed by atoms with Crippen molar-refractivity contribution < 1.29 is 14.6 Å². The number of carbonyl (C=O) groups is 1. The Morgan fingerprint density at radius 2 is 2.00 bits per heavy atom. The second-order valence-electron chi connectivity index (χ2n) is 6.93. The summed E-state index contributed by atoms with van der Waals surface area (Å²) in [5.74, 6) is -0.548. The minimum atomic E-state index is -1.13. The van der Waals surface area contributed by atoms with E-state index in [0.29, 0.717) is 25.6 Å². The summed E-state index contributed by atoms with van der Waals surface area (Å²) in [6.07, 6.45) is -1.13. The number of hydrogen-bond donors (Lipinski definition) is 1. The maximum Gasteiger partial charge on any atom is 0.340 e. The number of rotatable bonds is 6. The maximum absolute atomic E-state index is 13.0. The van der Waals surface area contributed by atoms with Gasteiger partial charge in [-0.15, -0.1) is 22.7 Å². The Labute approximate surface area is 183 Å². The van der Waals surface area contributed by atoms with Crippen LogP contribution >= 0.6 is 38.6 Å². The van der Waals surface area contributed by atoms with Crippen molar-refractivity contribution in [3.05, 3.63) is 52.1 Å². The van der Waals surface area contributed by atoms with Gasteiger partial charge in [0.15, 0.2) is 0 Å². The Bertz CT molecular complexity index is 1190. The van der Waals surface area contributed by atoms with Gasteiger partial charge in [0.05, 0.1) is 27.3 Å². The summed E-state index contributed by atoms with van der Waals surface area (Å²) in [5, 5.41) is 13.0. The standard InChI is InChI=1S/C19H21BrN2O5S2/c1-5-27-18(25)11-12-16(24)21(4)19(26)22(8-9(2)3)17(12)29-15(11)13(23)14-10(20)6-7-28-14/h6-7,9,13,23H,5,8H2,1-4H3. The average molecular weight is 501 g/mol. The van der Waals surface area contributed by atoms with E-state index in [1.165, 1.54) is 23.0 Å². The summed E-state index contributed by atoms with van der Waals surface area (Å²) in [4.78, 5) is 39.8. The van der Waals surface area contributed by atoms with Gasteiger partial charge in [0.2, 0.25) is 0 Å². The second-order valence-corrected chi connectivity index (χ2v) is 9.76. The number of aromatic nitrogens is 2. The van der Waals surface area contributed by atoms with Gasteiger partial charge in [-0.1, -0.05) is 13.8 Å². The quantitative estimate of drug-likeness (QED) is 0.523. The van der Waals surface area contributed by atoms with Crippen LogP contribution in [0.1, 0.15) is 47.0 Å². The molecule has 29 heavy (non-hydrogen) atoms. The first kappa shape index (κ1) is 21.9. The van der Waals surface area contributed by atoms with Gasteiger partial charge in [-0.05, 0) is 40.2 Å². The molecule has 0 aliphatic heterocycles. The molecule has 0 aliphatic rings. The first-order chi connectivity index (χ1) is 13.7. The van der Waals surface area contributed by atoms with Gasteiger partial charge >= 0.3 is 11.7 Å². The summed E-state index contributed by atoms with van der Waals surface area (Å²) in [6.45, 7) is 6.10. The zero-order valence-corrected chi connectivity index (χ0v) is 19.6. The van der Waals surface area contributed by atoms with E-state index in [9.17, 15) is 19.5 Å². The molecule has 0 saturated carbocycles. The number of halogens is 1. The Morgan fingerprint density at radius 3 is 2.55 bits per heavy atom. The fourth-order valence-corrected chi connectivity index (χ4v) is 6.03. The first-order valence-electron chi connectivity index (χ1n) is 9.03. The molecule has 0 bridgehead atoms. The highest BCUT2D eigenvalue weighted by atomic mass is 79.9. The topological polar surface area (TPSA) is 90.5 Å². The summed E-state index contributed by atoms with van der Waals surface area (Å²) in [6, 6.07) is 1.80. The van der Waals surface area contributed by atoms with Crippen LogP contribution in [0, 0.1) is 5.92 Å². The van der Waals surface area contributed by atoms with Crippen molar-refractivity contribution in [2.75, 3.05) is 6.61 Å². The average Bonchev–Trinajstić information content (AvgIpc) is 3.27. The van der Waals surface area contributed by atoms with Crippen molar-refractivity contribution in [1.82, 2.24) is 9.13 Å². The molecular formula is C19H21BrN2O5S2. The maximum atomic E-state index is 13.0. The van der Waals surface area contributed by atoms with Gasteiger partial charge in [-0.2, -0.15) is 0 Å². The molecule has 0 radical (unpaired) electrons. The fourth-order valence-electron chi connectivity index (χ4n) is 3.09. The lowest BCUT2D eigenvalue weighted by molar-refractivity contribution is 0.0524. The molecule has 1 unspecified atom stereocenters. The molecule has 3 rings (SSSR count). The Kier molecular flexibility index (Phi) is 6.47.